The Kier molecular flexibility index (Phi) is 6.28. The largest absolute Gasteiger partial charge is 0.327 e. The van der Waals surface area contributed by atoms with Crippen molar-refractivity contribution in [2.45, 2.75) is 23.7 Å². The SMILES string of the molecule is CC1(C(=O)NC2=C(I)C(C(=O)Cl)=C(I)C(C(=O)Cl)C2I)CC1. The van der Waals surface area contributed by atoms with Crippen molar-refractivity contribution in [3.05, 3.63) is 18.4 Å². The lowest BCUT2D eigenvalue weighted by Gasteiger charge is -2.30. The first kappa shape index (κ1) is 19.4. The minimum Gasteiger partial charge on any atom is -0.327 e. The molecule has 2 aliphatic rings. The van der Waals surface area contributed by atoms with Gasteiger partial charge >= 0.3 is 0 Å². The molecule has 1 saturated carbocycles. The number of rotatable bonds is 4. The first-order valence-electron chi connectivity index (χ1n) is 6.24. The van der Waals surface area contributed by atoms with Gasteiger partial charge in [-0.15, -0.1) is 0 Å². The molecule has 120 valence electrons. The lowest BCUT2D eigenvalue weighted by atomic mass is 9.94. The fourth-order valence-electron chi connectivity index (χ4n) is 2.02. The van der Waals surface area contributed by atoms with Gasteiger partial charge in [0.15, 0.2) is 0 Å². The van der Waals surface area contributed by atoms with Crippen molar-refractivity contribution in [2.75, 3.05) is 0 Å². The molecule has 0 aromatic carbocycles. The molecule has 2 rings (SSSR count). The van der Waals surface area contributed by atoms with Crippen LogP contribution in [-0.2, 0) is 14.4 Å². The van der Waals surface area contributed by atoms with Crippen LogP contribution in [0.4, 0.5) is 0 Å². The first-order chi connectivity index (χ1) is 10.1. The maximum atomic E-state index is 12.3. The zero-order valence-electron chi connectivity index (χ0n) is 11.2. The number of nitrogens with one attached hydrogen (secondary N) is 1. The van der Waals surface area contributed by atoms with Crippen LogP contribution in [0.3, 0.4) is 0 Å². The molecule has 0 heterocycles. The Balaban J connectivity index is 2.47. The highest BCUT2D eigenvalue weighted by atomic mass is 127. The van der Waals surface area contributed by atoms with Crippen LogP contribution in [0.2, 0.25) is 0 Å². The molecule has 2 aliphatic carbocycles. The zero-order chi connectivity index (χ0) is 16.8. The Hall–Kier alpha value is 1.06. The predicted molar refractivity (Wildman–Crippen MR) is 111 cm³/mol. The van der Waals surface area contributed by atoms with E-state index in [2.05, 4.69) is 27.9 Å². The highest BCUT2D eigenvalue weighted by Crippen LogP contribution is 2.48. The molecule has 1 N–H and O–H groups in total. The molecule has 1 fully saturated rings. The molecule has 9 heteroatoms. The molecule has 2 atom stereocenters. The molecule has 1 amide bonds. The third-order valence-corrected chi connectivity index (χ3v) is 7.87. The van der Waals surface area contributed by atoms with Gasteiger partial charge in [-0.2, -0.15) is 0 Å². The van der Waals surface area contributed by atoms with E-state index in [0.717, 1.165) is 12.8 Å². The van der Waals surface area contributed by atoms with Gasteiger partial charge in [-0.25, -0.2) is 0 Å². The summed E-state index contributed by atoms with van der Waals surface area (Å²) >= 11 is 17.3. The predicted octanol–water partition coefficient (Wildman–Crippen LogP) is 4.20. The van der Waals surface area contributed by atoms with Gasteiger partial charge < -0.3 is 5.32 Å². The summed E-state index contributed by atoms with van der Waals surface area (Å²) in [6.07, 6.45) is 1.67. The average Bonchev–Trinajstić information content (AvgIpc) is 3.12. The number of allylic oxidation sites excluding steroid dienone is 4. The summed E-state index contributed by atoms with van der Waals surface area (Å²) in [5, 5.41) is 1.64. The van der Waals surface area contributed by atoms with Crippen LogP contribution < -0.4 is 5.32 Å². The minimum absolute atomic E-state index is 0.0996. The minimum atomic E-state index is -0.693. The van der Waals surface area contributed by atoms with Gasteiger partial charge in [0, 0.05) is 18.3 Å². The van der Waals surface area contributed by atoms with Crippen molar-refractivity contribution in [3.63, 3.8) is 0 Å². The van der Waals surface area contributed by atoms with E-state index in [1.54, 1.807) is 0 Å². The maximum Gasteiger partial charge on any atom is 0.254 e. The van der Waals surface area contributed by atoms with Gasteiger partial charge in [-0.1, -0.05) is 29.5 Å². The van der Waals surface area contributed by atoms with E-state index in [4.69, 9.17) is 23.2 Å². The van der Waals surface area contributed by atoms with E-state index in [1.807, 2.05) is 52.1 Å². The highest BCUT2D eigenvalue weighted by molar-refractivity contribution is 14.1. The number of carbonyl (C=O) groups excluding carboxylic acids is 3. The monoisotopic (exact) mass is 679 g/mol. The van der Waals surface area contributed by atoms with Gasteiger partial charge in [-0.3, -0.25) is 14.4 Å². The summed E-state index contributed by atoms with van der Waals surface area (Å²) in [6, 6.07) is 0. The molecule has 0 radical (unpaired) electrons. The summed E-state index contributed by atoms with van der Waals surface area (Å²) in [7, 11) is 0. The summed E-state index contributed by atoms with van der Waals surface area (Å²) in [4.78, 5) is 35.8. The normalized spacial score (nSPS) is 26.8. The molecular weight excluding hydrogens is 670 g/mol. The van der Waals surface area contributed by atoms with Crippen molar-refractivity contribution in [1.29, 1.82) is 0 Å². The summed E-state index contributed by atoms with van der Waals surface area (Å²) < 4.78 is 0.720. The van der Waals surface area contributed by atoms with Crippen LogP contribution in [0.1, 0.15) is 19.8 Å². The highest BCUT2D eigenvalue weighted by Gasteiger charge is 2.47. The van der Waals surface area contributed by atoms with E-state index in [1.165, 1.54) is 0 Å². The maximum absolute atomic E-state index is 12.3. The fourth-order valence-corrected chi connectivity index (χ4v) is 8.28. The molecule has 4 nitrogen and oxygen atoms in total. The van der Waals surface area contributed by atoms with Crippen LogP contribution >= 0.6 is 91.0 Å². The molecule has 0 aromatic heterocycles. The second-order valence-corrected chi connectivity index (χ2v) is 9.72. The van der Waals surface area contributed by atoms with Gasteiger partial charge in [0.25, 0.3) is 5.24 Å². The molecule has 0 aliphatic heterocycles. The van der Waals surface area contributed by atoms with Gasteiger partial charge in [0.2, 0.25) is 11.1 Å². The van der Waals surface area contributed by atoms with Crippen LogP contribution in [0.15, 0.2) is 18.4 Å². The Morgan fingerprint density at radius 2 is 1.77 bits per heavy atom. The average molecular weight is 680 g/mol. The number of amides is 1. The topological polar surface area (TPSA) is 63.2 Å². The third kappa shape index (κ3) is 3.67. The van der Waals surface area contributed by atoms with Crippen molar-refractivity contribution in [2.24, 2.45) is 11.3 Å². The number of hydrogen-bond donors (Lipinski definition) is 1. The van der Waals surface area contributed by atoms with Crippen LogP contribution in [0.5, 0.6) is 0 Å². The molecule has 22 heavy (non-hydrogen) atoms. The van der Waals surface area contributed by atoms with Crippen molar-refractivity contribution < 1.29 is 14.4 Å². The zero-order valence-corrected chi connectivity index (χ0v) is 19.2. The van der Waals surface area contributed by atoms with Gasteiger partial charge in [-0.05, 0) is 81.2 Å². The van der Waals surface area contributed by atoms with Gasteiger partial charge in [0.05, 0.1) is 15.4 Å². The second kappa shape index (κ2) is 7.12. The summed E-state index contributed by atoms with van der Waals surface area (Å²) in [5.74, 6) is -0.793. The van der Waals surface area contributed by atoms with E-state index in [0.29, 0.717) is 12.9 Å². The smallest absolute Gasteiger partial charge is 0.254 e. The van der Waals surface area contributed by atoms with E-state index >= 15 is 0 Å². The summed E-state index contributed by atoms with van der Waals surface area (Å²) in [5.41, 5.74) is 0.411. The molecule has 0 saturated heterocycles. The molecule has 0 aromatic rings. The van der Waals surface area contributed by atoms with Crippen LogP contribution in [0.25, 0.3) is 0 Å². The molecule has 2 unspecified atom stereocenters. The van der Waals surface area contributed by atoms with E-state index < -0.39 is 16.4 Å². The lowest BCUT2D eigenvalue weighted by molar-refractivity contribution is -0.125. The van der Waals surface area contributed by atoms with Crippen molar-refractivity contribution in [1.82, 2.24) is 5.32 Å². The van der Waals surface area contributed by atoms with Crippen molar-refractivity contribution >= 4 is 107 Å². The van der Waals surface area contributed by atoms with E-state index in [9.17, 15) is 14.4 Å². The second-order valence-electron chi connectivity index (χ2n) is 5.42. The van der Waals surface area contributed by atoms with Crippen LogP contribution in [0, 0.1) is 11.3 Å². The Morgan fingerprint density at radius 3 is 2.18 bits per heavy atom. The van der Waals surface area contributed by atoms with Gasteiger partial charge in [0.1, 0.15) is 0 Å². The first-order valence-corrected chi connectivity index (χ1v) is 10.4. The summed E-state index contributed by atoms with van der Waals surface area (Å²) in [6.45, 7) is 1.89. The quantitative estimate of drug-likeness (QED) is 0.276. The van der Waals surface area contributed by atoms with Crippen molar-refractivity contribution in [3.8, 4) is 0 Å². The standard InChI is InChI=1S/C13H10Cl2I3NO3/c1-13(2-3-13)12(22)19-9-7(17)4(10(14)20)6(16)5(8(9)18)11(15)21/h4,7H,2-3H2,1H3,(H,19,22). The Morgan fingerprint density at radius 1 is 1.23 bits per heavy atom. The molecule has 0 bridgehead atoms. The molecule has 0 spiro atoms. The number of hydrogen-bond acceptors (Lipinski definition) is 3. The number of alkyl halides is 1. The number of halogens is 5. The third-order valence-electron chi connectivity index (χ3n) is 3.77. The van der Waals surface area contributed by atoms with Crippen LogP contribution in [-0.4, -0.2) is 20.3 Å². The molecular formula is C13H10Cl2I3NO3. The lowest BCUT2D eigenvalue weighted by Crippen LogP contribution is -2.39. The fraction of sp³-hybridized carbons (Fsp3) is 0.462. The van der Waals surface area contributed by atoms with E-state index in [-0.39, 0.29) is 20.8 Å². The Bertz CT molecular complexity index is 640. The number of carbonyl (C=O) groups is 3. The Labute approximate surface area is 178 Å².